The number of hydrogen-bond acceptors (Lipinski definition) is 4. The van der Waals surface area contributed by atoms with Crippen LogP contribution in [-0.2, 0) is 11.2 Å². The highest BCUT2D eigenvalue weighted by Gasteiger charge is 2.25. The topological polar surface area (TPSA) is 93.1 Å². The molecule has 2 N–H and O–H groups in total. The van der Waals surface area contributed by atoms with Crippen molar-refractivity contribution in [3.63, 3.8) is 0 Å². The van der Waals surface area contributed by atoms with E-state index in [1.54, 1.807) is 30.7 Å². The number of benzene rings is 2. The van der Waals surface area contributed by atoms with E-state index < -0.39 is 17.6 Å². The van der Waals surface area contributed by atoms with Crippen LogP contribution in [0, 0.1) is 13.8 Å². The van der Waals surface area contributed by atoms with Crippen molar-refractivity contribution in [3.05, 3.63) is 82.7 Å². The predicted molar refractivity (Wildman–Crippen MR) is 109 cm³/mol. The first-order valence-corrected chi connectivity index (χ1v) is 9.28. The lowest BCUT2D eigenvalue weighted by atomic mass is 10.1. The molecule has 148 valence electrons. The largest absolute Gasteiger partial charge is 0.310 e. The fourth-order valence-corrected chi connectivity index (χ4v) is 3.04. The van der Waals surface area contributed by atoms with Crippen LogP contribution in [0.25, 0.3) is 5.69 Å². The number of nitrogens with zero attached hydrogens (tertiary/aromatic N) is 2. The summed E-state index contributed by atoms with van der Waals surface area (Å²) in [5.41, 5.74) is 7.94. The fourth-order valence-electron chi connectivity index (χ4n) is 3.04. The molecule has 0 fully saturated rings. The number of aryl methyl sites for hydroxylation is 2. The number of amides is 2. The minimum Gasteiger partial charge on any atom is -0.283 e. The SMILES string of the molecule is CCc1ccc(C(=O)NNC(=O)C(=O)c2c(C)nn(-c3ccccc3)c2C)cc1. The maximum Gasteiger partial charge on any atom is 0.310 e. The summed E-state index contributed by atoms with van der Waals surface area (Å²) >= 11 is 0. The Labute approximate surface area is 168 Å². The van der Waals surface area contributed by atoms with Gasteiger partial charge in [0.25, 0.3) is 11.7 Å². The molecule has 29 heavy (non-hydrogen) atoms. The Morgan fingerprint density at radius 1 is 0.931 bits per heavy atom. The number of carbonyl (C=O) groups excluding carboxylic acids is 3. The van der Waals surface area contributed by atoms with Crippen molar-refractivity contribution in [2.45, 2.75) is 27.2 Å². The van der Waals surface area contributed by atoms with Crippen molar-refractivity contribution in [1.29, 1.82) is 0 Å². The van der Waals surface area contributed by atoms with Crippen LogP contribution in [0.2, 0.25) is 0 Å². The Balaban J connectivity index is 1.71. The maximum atomic E-state index is 12.6. The lowest BCUT2D eigenvalue weighted by molar-refractivity contribution is -0.117. The predicted octanol–water partition coefficient (Wildman–Crippen LogP) is 2.70. The molecule has 1 heterocycles. The van der Waals surface area contributed by atoms with E-state index in [1.165, 1.54) is 0 Å². The van der Waals surface area contributed by atoms with Crippen molar-refractivity contribution in [3.8, 4) is 5.69 Å². The van der Waals surface area contributed by atoms with Crippen LogP contribution in [0.3, 0.4) is 0 Å². The third-order valence-electron chi connectivity index (χ3n) is 4.64. The van der Waals surface area contributed by atoms with E-state index in [0.29, 0.717) is 17.0 Å². The number of carbonyl (C=O) groups is 3. The van der Waals surface area contributed by atoms with Crippen molar-refractivity contribution >= 4 is 17.6 Å². The molecule has 2 aromatic carbocycles. The molecule has 1 aromatic heterocycles. The molecule has 0 saturated carbocycles. The Bertz CT molecular complexity index is 1050. The molecule has 0 aliphatic heterocycles. The molecule has 7 nitrogen and oxygen atoms in total. The summed E-state index contributed by atoms with van der Waals surface area (Å²) in [6.07, 6.45) is 0.864. The van der Waals surface area contributed by atoms with Gasteiger partial charge in [0.05, 0.1) is 22.6 Å². The Morgan fingerprint density at radius 2 is 1.59 bits per heavy atom. The molecule has 3 aromatic rings. The second-order valence-electron chi connectivity index (χ2n) is 6.58. The highest BCUT2D eigenvalue weighted by Crippen LogP contribution is 2.18. The quantitative estimate of drug-likeness (QED) is 0.398. The number of aromatic nitrogens is 2. The van der Waals surface area contributed by atoms with Crippen molar-refractivity contribution in [2.24, 2.45) is 0 Å². The zero-order valence-electron chi connectivity index (χ0n) is 16.5. The molecule has 7 heteroatoms. The van der Waals surface area contributed by atoms with Crippen LogP contribution in [0.15, 0.2) is 54.6 Å². The highest BCUT2D eigenvalue weighted by molar-refractivity contribution is 6.43. The van der Waals surface area contributed by atoms with Crippen molar-refractivity contribution in [2.75, 3.05) is 0 Å². The lowest BCUT2D eigenvalue weighted by Crippen LogP contribution is -2.45. The summed E-state index contributed by atoms with van der Waals surface area (Å²) in [5, 5.41) is 4.37. The molecular weight excluding hydrogens is 368 g/mol. The first-order valence-electron chi connectivity index (χ1n) is 9.28. The Kier molecular flexibility index (Phi) is 5.87. The van der Waals surface area contributed by atoms with Gasteiger partial charge in [-0.25, -0.2) is 4.68 Å². The second-order valence-corrected chi connectivity index (χ2v) is 6.58. The van der Waals surface area contributed by atoms with Crippen LogP contribution in [0.4, 0.5) is 0 Å². The van der Waals surface area contributed by atoms with E-state index in [1.807, 2.05) is 49.4 Å². The van der Waals surface area contributed by atoms with Gasteiger partial charge in [0, 0.05) is 5.56 Å². The van der Waals surface area contributed by atoms with Crippen LogP contribution in [-0.4, -0.2) is 27.4 Å². The summed E-state index contributed by atoms with van der Waals surface area (Å²) in [7, 11) is 0. The van der Waals surface area contributed by atoms with E-state index in [2.05, 4.69) is 16.0 Å². The van der Waals surface area contributed by atoms with Gasteiger partial charge in [0.15, 0.2) is 0 Å². The summed E-state index contributed by atoms with van der Waals surface area (Å²) in [6, 6.07) is 16.3. The Hall–Kier alpha value is -3.74. The number of rotatable bonds is 5. The number of Topliss-reactive ketones (excluding diaryl/α,β-unsaturated/α-hetero) is 1. The van der Waals surface area contributed by atoms with Gasteiger partial charge in [-0.1, -0.05) is 37.3 Å². The van der Waals surface area contributed by atoms with Gasteiger partial charge < -0.3 is 0 Å². The van der Waals surface area contributed by atoms with Gasteiger partial charge in [-0.3, -0.25) is 25.2 Å². The first-order chi connectivity index (χ1) is 13.9. The molecule has 2 amide bonds. The monoisotopic (exact) mass is 390 g/mol. The molecule has 3 rings (SSSR count). The van der Waals surface area contributed by atoms with E-state index >= 15 is 0 Å². The van der Waals surface area contributed by atoms with Gasteiger partial charge >= 0.3 is 5.91 Å². The van der Waals surface area contributed by atoms with E-state index in [-0.39, 0.29) is 5.56 Å². The number of para-hydroxylation sites is 1. The third kappa shape index (κ3) is 4.24. The van der Waals surface area contributed by atoms with Crippen LogP contribution in [0.1, 0.15) is 44.6 Å². The molecule has 0 aliphatic carbocycles. The number of nitrogens with one attached hydrogen (secondary N) is 2. The normalized spacial score (nSPS) is 10.4. The standard InChI is InChI=1S/C22H22N4O3/c1-4-16-10-12-17(13-11-16)21(28)23-24-22(29)20(27)19-14(2)25-26(15(19)3)18-8-6-5-7-9-18/h5-13H,4H2,1-3H3,(H,23,28)(H,24,29). The molecule has 0 atom stereocenters. The van der Waals surface area contributed by atoms with Crippen molar-refractivity contribution in [1.82, 2.24) is 20.6 Å². The number of hydrazine groups is 1. The number of hydrogen-bond donors (Lipinski definition) is 2. The molecule has 0 bridgehead atoms. The minimum atomic E-state index is -0.928. The highest BCUT2D eigenvalue weighted by atomic mass is 16.2. The molecule has 0 aliphatic rings. The lowest BCUT2D eigenvalue weighted by Gasteiger charge is -2.08. The molecule has 0 radical (unpaired) electrons. The Morgan fingerprint density at radius 3 is 2.21 bits per heavy atom. The van der Waals surface area contributed by atoms with Gasteiger partial charge in [0.1, 0.15) is 0 Å². The molecule has 0 unspecified atom stereocenters. The van der Waals surface area contributed by atoms with Gasteiger partial charge in [-0.05, 0) is 50.1 Å². The van der Waals surface area contributed by atoms with Crippen LogP contribution >= 0.6 is 0 Å². The molecule has 0 spiro atoms. The van der Waals surface area contributed by atoms with Crippen molar-refractivity contribution < 1.29 is 14.4 Å². The summed E-state index contributed by atoms with van der Waals surface area (Å²) in [5.74, 6) is -2.19. The number of ketones is 1. The second kappa shape index (κ2) is 8.52. The molecule has 0 saturated heterocycles. The zero-order valence-corrected chi connectivity index (χ0v) is 16.5. The zero-order chi connectivity index (χ0) is 21.0. The summed E-state index contributed by atoms with van der Waals surface area (Å²) in [4.78, 5) is 37.1. The average molecular weight is 390 g/mol. The minimum absolute atomic E-state index is 0.216. The van der Waals surface area contributed by atoms with E-state index in [0.717, 1.165) is 17.7 Å². The summed E-state index contributed by atoms with van der Waals surface area (Å²) < 4.78 is 1.61. The van der Waals surface area contributed by atoms with Gasteiger partial charge in [-0.15, -0.1) is 0 Å². The van der Waals surface area contributed by atoms with Gasteiger partial charge in [0.2, 0.25) is 0 Å². The van der Waals surface area contributed by atoms with Crippen LogP contribution < -0.4 is 10.9 Å². The molecular formula is C22H22N4O3. The third-order valence-corrected chi connectivity index (χ3v) is 4.64. The fraction of sp³-hybridized carbons (Fsp3) is 0.182. The average Bonchev–Trinajstić information content (AvgIpc) is 3.05. The van der Waals surface area contributed by atoms with Gasteiger partial charge in [-0.2, -0.15) is 5.10 Å². The van der Waals surface area contributed by atoms with Crippen LogP contribution in [0.5, 0.6) is 0 Å². The summed E-state index contributed by atoms with van der Waals surface area (Å²) in [6.45, 7) is 5.41. The smallest absolute Gasteiger partial charge is 0.283 e. The van der Waals surface area contributed by atoms with E-state index in [4.69, 9.17) is 0 Å². The first kappa shape index (κ1) is 20.0. The van der Waals surface area contributed by atoms with E-state index in [9.17, 15) is 14.4 Å². The maximum absolute atomic E-state index is 12.6.